The molecule has 0 radical (unpaired) electrons. The summed E-state index contributed by atoms with van der Waals surface area (Å²) in [7, 11) is -3.55. The summed E-state index contributed by atoms with van der Waals surface area (Å²) >= 11 is 12.9. The first kappa shape index (κ1) is 32.3. The molecule has 0 aromatic heterocycles. The van der Waals surface area contributed by atoms with E-state index in [1.54, 1.807) is 24.3 Å². The van der Waals surface area contributed by atoms with Crippen molar-refractivity contribution in [3.05, 3.63) is 112 Å². The van der Waals surface area contributed by atoms with Gasteiger partial charge in [0.2, 0.25) is 5.91 Å². The van der Waals surface area contributed by atoms with Crippen LogP contribution in [0.4, 0.5) is 18.9 Å². The van der Waals surface area contributed by atoms with E-state index in [9.17, 15) is 36.3 Å². The van der Waals surface area contributed by atoms with Gasteiger partial charge in [-0.25, -0.2) is 8.42 Å². The van der Waals surface area contributed by atoms with Crippen molar-refractivity contribution in [3.63, 3.8) is 0 Å². The number of anilines is 1. The van der Waals surface area contributed by atoms with Gasteiger partial charge in [-0.15, -0.1) is 13.2 Å². The molecule has 8 nitrogen and oxygen atoms in total. The van der Waals surface area contributed by atoms with Crippen LogP contribution in [0.1, 0.15) is 33.6 Å². The maximum absolute atomic E-state index is 13.8. The summed E-state index contributed by atoms with van der Waals surface area (Å²) in [5.74, 6) is -2.82. The third kappa shape index (κ3) is 6.94. The Bertz CT molecular complexity index is 1880. The number of benzene rings is 4. The molecule has 2 amide bonds. The van der Waals surface area contributed by atoms with Crippen LogP contribution in [0.15, 0.2) is 89.8 Å². The van der Waals surface area contributed by atoms with E-state index in [0.717, 1.165) is 17.2 Å². The number of fused-ring (bicyclic) bond motifs is 1. The normalized spacial score (nSPS) is 15.5. The highest BCUT2D eigenvalue weighted by Crippen LogP contribution is 2.43. The molecule has 45 heavy (non-hydrogen) atoms. The predicted molar refractivity (Wildman–Crippen MR) is 162 cm³/mol. The zero-order valence-corrected chi connectivity index (χ0v) is 25.5. The summed E-state index contributed by atoms with van der Waals surface area (Å²) in [6, 6.07) is 19.8. The molecule has 14 heteroatoms. The monoisotopic (exact) mass is 678 g/mol. The molecular weight excluding hydrogens is 656 g/mol. The largest absolute Gasteiger partial charge is 0.573 e. The molecule has 1 aliphatic heterocycles. The Morgan fingerprint density at radius 2 is 1.56 bits per heavy atom. The highest BCUT2D eigenvalue weighted by molar-refractivity contribution is 7.90. The zero-order valence-electron chi connectivity index (χ0n) is 23.2. The van der Waals surface area contributed by atoms with Crippen molar-refractivity contribution in [2.45, 2.75) is 23.4 Å². The highest BCUT2D eigenvalue weighted by Gasteiger charge is 2.38. The van der Waals surface area contributed by atoms with Gasteiger partial charge in [-0.05, 0) is 42.0 Å². The summed E-state index contributed by atoms with van der Waals surface area (Å²) in [6.07, 6.45) is -5.27. The third-order valence-electron chi connectivity index (χ3n) is 7.12. The summed E-state index contributed by atoms with van der Waals surface area (Å²) in [5.41, 5.74) is 1.07. The average molecular weight is 680 g/mol. The topological polar surface area (TPSA) is 113 Å². The van der Waals surface area contributed by atoms with Gasteiger partial charge in [-0.3, -0.25) is 9.59 Å². The standard InChI is InChI=1S/C31H23Cl2F3N2O6S/c1-45(42,43)19-12-10-17(11-13-19)23(16-38-29(40)20-6-2-3-7-21(20)30(38)41)28(39)37-18-14-24(32)27(25(33)15-18)22-8-4-5-9-26(22)44-31(34,35)36/h2-15,23,29,40H,16H2,1H3,(H,37,39). The van der Waals surface area contributed by atoms with Crippen molar-refractivity contribution in [1.29, 1.82) is 0 Å². The highest BCUT2D eigenvalue weighted by atomic mass is 35.5. The van der Waals surface area contributed by atoms with E-state index < -0.39 is 45.9 Å². The molecule has 0 spiro atoms. The summed E-state index contributed by atoms with van der Waals surface area (Å²) < 4.78 is 67.2. The molecule has 234 valence electrons. The Morgan fingerprint density at radius 1 is 0.978 bits per heavy atom. The number of nitrogens with one attached hydrogen (secondary N) is 1. The number of hydrogen-bond acceptors (Lipinski definition) is 6. The molecule has 1 aliphatic rings. The molecule has 5 rings (SSSR count). The molecule has 0 aliphatic carbocycles. The van der Waals surface area contributed by atoms with Crippen molar-refractivity contribution in [3.8, 4) is 16.9 Å². The minimum Gasteiger partial charge on any atom is -0.405 e. The second kappa shape index (κ2) is 12.4. The minimum absolute atomic E-state index is 0.0130. The molecule has 1 heterocycles. The molecule has 4 aromatic rings. The number of hydrogen-bond donors (Lipinski definition) is 2. The lowest BCUT2D eigenvalue weighted by Gasteiger charge is -2.27. The van der Waals surface area contributed by atoms with Gasteiger partial charge in [-0.1, -0.05) is 71.7 Å². The number of alkyl halides is 3. The number of aliphatic hydroxyl groups excluding tert-OH is 1. The fourth-order valence-corrected chi connectivity index (χ4v) is 6.36. The van der Waals surface area contributed by atoms with Crippen LogP contribution in [0.2, 0.25) is 10.0 Å². The maximum atomic E-state index is 13.8. The first-order chi connectivity index (χ1) is 21.1. The van der Waals surface area contributed by atoms with Gasteiger partial charge in [0.25, 0.3) is 5.91 Å². The number of carbonyl (C=O) groups is 2. The first-order valence-corrected chi connectivity index (χ1v) is 15.8. The van der Waals surface area contributed by atoms with Crippen molar-refractivity contribution in [1.82, 2.24) is 4.90 Å². The minimum atomic E-state index is -4.97. The van der Waals surface area contributed by atoms with Gasteiger partial charge in [0.15, 0.2) is 16.1 Å². The van der Waals surface area contributed by atoms with Crippen LogP contribution in [0.25, 0.3) is 11.1 Å². The first-order valence-electron chi connectivity index (χ1n) is 13.2. The molecule has 2 unspecified atom stereocenters. The molecule has 0 saturated heterocycles. The Morgan fingerprint density at radius 3 is 2.13 bits per heavy atom. The predicted octanol–water partition coefficient (Wildman–Crippen LogP) is 6.83. The van der Waals surface area contributed by atoms with Crippen LogP contribution in [-0.2, 0) is 14.6 Å². The fourth-order valence-electron chi connectivity index (χ4n) is 5.04. The SMILES string of the molecule is CS(=O)(=O)c1ccc(C(CN2C(=O)c3ccccc3C2O)C(=O)Nc2cc(Cl)c(-c3ccccc3OC(F)(F)F)c(Cl)c2)cc1. The van der Waals surface area contributed by atoms with Crippen LogP contribution < -0.4 is 10.1 Å². The Kier molecular flexibility index (Phi) is 8.87. The second-order valence-electron chi connectivity index (χ2n) is 10.2. The molecule has 2 atom stereocenters. The number of amides is 2. The number of ether oxygens (including phenoxy) is 1. The van der Waals surface area contributed by atoms with E-state index in [2.05, 4.69) is 10.1 Å². The summed E-state index contributed by atoms with van der Waals surface area (Å²) in [6.45, 7) is -0.291. The third-order valence-corrected chi connectivity index (χ3v) is 8.85. The van der Waals surface area contributed by atoms with Gasteiger partial charge >= 0.3 is 6.36 Å². The Labute approximate surface area is 265 Å². The van der Waals surface area contributed by atoms with Crippen LogP contribution in [0.3, 0.4) is 0 Å². The lowest BCUT2D eigenvalue weighted by Crippen LogP contribution is -2.37. The smallest absolute Gasteiger partial charge is 0.405 e. The van der Waals surface area contributed by atoms with Gasteiger partial charge in [0, 0.05) is 40.7 Å². The van der Waals surface area contributed by atoms with E-state index >= 15 is 0 Å². The maximum Gasteiger partial charge on any atom is 0.573 e. The van der Waals surface area contributed by atoms with E-state index in [1.165, 1.54) is 54.6 Å². The molecular formula is C31H23Cl2F3N2O6S. The summed E-state index contributed by atoms with van der Waals surface area (Å²) in [5, 5.41) is 13.4. The Hall–Kier alpha value is -4.10. The van der Waals surface area contributed by atoms with Gasteiger partial charge in [-0.2, -0.15) is 0 Å². The van der Waals surface area contributed by atoms with E-state index in [0.29, 0.717) is 11.1 Å². The molecule has 0 fully saturated rings. The second-order valence-corrected chi connectivity index (χ2v) is 13.0. The fraction of sp³-hybridized carbons (Fsp3) is 0.161. The van der Waals surface area contributed by atoms with Crippen molar-refractivity contribution in [2.24, 2.45) is 0 Å². The number of sulfone groups is 1. The number of rotatable bonds is 8. The van der Waals surface area contributed by atoms with E-state index in [-0.39, 0.29) is 43.9 Å². The van der Waals surface area contributed by atoms with Crippen LogP contribution in [-0.4, -0.2) is 49.4 Å². The lowest BCUT2D eigenvalue weighted by molar-refractivity contribution is -0.274. The number of aliphatic hydroxyl groups is 1. The van der Waals surface area contributed by atoms with Gasteiger partial charge in [0.1, 0.15) is 5.75 Å². The number of halogens is 5. The zero-order chi connectivity index (χ0) is 32.7. The van der Waals surface area contributed by atoms with Crippen LogP contribution >= 0.6 is 23.2 Å². The molecule has 4 aromatic carbocycles. The quantitative estimate of drug-likeness (QED) is 0.211. The Balaban J connectivity index is 1.47. The molecule has 2 N–H and O–H groups in total. The van der Waals surface area contributed by atoms with Crippen LogP contribution in [0, 0.1) is 0 Å². The molecule has 0 saturated carbocycles. The lowest BCUT2D eigenvalue weighted by atomic mass is 9.97. The number of carbonyl (C=O) groups excluding carboxylic acids is 2. The van der Waals surface area contributed by atoms with Crippen molar-refractivity contribution < 1.29 is 41.0 Å². The number of para-hydroxylation sites is 1. The van der Waals surface area contributed by atoms with E-state index in [4.69, 9.17) is 23.2 Å². The van der Waals surface area contributed by atoms with Gasteiger partial charge in [0.05, 0.1) is 20.9 Å². The average Bonchev–Trinajstić information content (AvgIpc) is 3.20. The van der Waals surface area contributed by atoms with Crippen molar-refractivity contribution >= 4 is 50.5 Å². The van der Waals surface area contributed by atoms with Crippen LogP contribution in [0.5, 0.6) is 5.75 Å². The number of nitrogens with zero attached hydrogens (tertiary/aromatic N) is 1. The molecule has 0 bridgehead atoms. The summed E-state index contributed by atoms with van der Waals surface area (Å²) in [4.78, 5) is 28.1. The van der Waals surface area contributed by atoms with Gasteiger partial charge < -0.3 is 20.1 Å². The van der Waals surface area contributed by atoms with Crippen molar-refractivity contribution in [2.75, 3.05) is 18.1 Å². The van der Waals surface area contributed by atoms with E-state index in [1.807, 2.05) is 0 Å².